The summed E-state index contributed by atoms with van der Waals surface area (Å²) in [5.74, 6) is 0. The number of hydrogen-bond acceptors (Lipinski definition) is 2. The van der Waals surface area contributed by atoms with Gasteiger partial charge in [0.25, 0.3) is 0 Å². The molecule has 0 aliphatic heterocycles. The maximum absolute atomic E-state index is 10.0. The fraction of sp³-hybridized carbons (Fsp3) is 0.368. The third-order valence-electron chi connectivity index (χ3n) is 4.39. The quantitative estimate of drug-likeness (QED) is 0.886. The van der Waals surface area contributed by atoms with Gasteiger partial charge in [-0.25, -0.2) is 0 Å². The highest BCUT2D eigenvalue weighted by Gasteiger charge is 2.31. The minimum atomic E-state index is -0.410. The Bertz CT molecular complexity index is 597. The van der Waals surface area contributed by atoms with Crippen LogP contribution in [0.4, 0.5) is 0 Å². The van der Waals surface area contributed by atoms with Gasteiger partial charge in [-0.15, -0.1) is 0 Å². The van der Waals surface area contributed by atoms with Crippen molar-refractivity contribution in [3.8, 4) is 0 Å². The molecule has 112 valence electrons. The van der Waals surface area contributed by atoms with Crippen LogP contribution in [0.1, 0.15) is 27.8 Å². The summed E-state index contributed by atoms with van der Waals surface area (Å²) in [7, 11) is 0. The molecule has 0 spiro atoms. The summed E-state index contributed by atoms with van der Waals surface area (Å²) in [5.41, 5.74) is 11.7. The fourth-order valence-electron chi connectivity index (χ4n) is 2.77. The average molecular weight is 283 g/mol. The minimum Gasteiger partial charge on any atom is -0.395 e. The number of nitrogens with two attached hydrogens (primary N) is 1. The summed E-state index contributed by atoms with van der Waals surface area (Å²) >= 11 is 0. The lowest BCUT2D eigenvalue weighted by Gasteiger charge is -2.32. The number of benzene rings is 2. The van der Waals surface area contributed by atoms with Gasteiger partial charge in [0.15, 0.2) is 0 Å². The molecule has 2 aromatic carbocycles. The maximum atomic E-state index is 10.0. The Morgan fingerprint density at radius 3 is 2.14 bits per heavy atom. The number of aliphatic hydroxyl groups is 1. The van der Waals surface area contributed by atoms with E-state index in [0.717, 1.165) is 12.0 Å². The van der Waals surface area contributed by atoms with Crippen molar-refractivity contribution in [2.75, 3.05) is 13.2 Å². The van der Waals surface area contributed by atoms with E-state index in [4.69, 9.17) is 5.73 Å². The normalized spacial score (nSPS) is 14.0. The number of rotatable bonds is 5. The van der Waals surface area contributed by atoms with E-state index in [0.29, 0.717) is 6.54 Å². The van der Waals surface area contributed by atoms with Gasteiger partial charge >= 0.3 is 0 Å². The monoisotopic (exact) mass is 283 g/mol. The highest BCUT2D eigenvalue weighted by molar-refractivity contribution is 5.37. The molecule has 2 heteroatoms. The third kappa shape index (κ3) is 3.34. The van der Waals surface area contributed by atoms with Crippen molar-refractivity contribution >= 4 is 0 Å². The van der Waals surface area contributed by atoms with Crippen molar-refractivity contribution in [3.63, 3.8) is 0 Å². The van der Waals surface area contributed by atoms with Gasteiger partial charge in [0.2, 0.25) is 0 Å². The Morgan fingerprint density at radius 2 is 1.57 bits per heavy atom. The molecule has 2 aromatic rings. The molecule has 0 saturated heterocycles. The Morgan fingerprint density at radius 1 is 0.952 bits per heavy atom. The van der Waals surface area contributed by atoms with Crippen LogP contribution >= 0.6 is 0 Å². The van der Waals surface area contributed by atoms with Crippen LogP contribution in [-0.2, 0) is 11.8 Å². The van der Waals surface area contributed by atoms with E-state index in [1.807, 2.05) is 0 Å². The standard InChI is InChI=1S/C19H25NO/c1-14-5-8-18(9-6-14)19(12-20,13-21)11-17-10-15(2)4-7-16(17)3/h4-10,21H,11-13,20H2,1-3H3. The van der Waals surface area contributed by atoms with Crippen LogP contribution in [0.25, 0.3) is 0 Å². The molecule has 1 atom stereocenters. The summed E-state index contributed by atoms with van der Waals surface area (Å²) in [4.78, 5) is 0. The SMILES string of the molecule is Cc1ccc(C(CN)(CO)Cc2cc(C)ccc2C)cc1. The smallest absolute Gasteiger partial charge is 0.0543 e. The van der Waals surface area contributed by atoms with Crippen LogP contribution < -0.4 is 5.73 Å². The van der Waals surface area contributed by atoms with E-state index in [1.165, 1.54) is 22.3 Å². The predicted octanol–water partition coefficient (Wildman–Crippen LogP) is 3.04. The first kappa shape index (κ1) is 15.7. The van der Waals surface area contributed by atoms with E-state index < -0.39 is 5.41 Å². The zero-order valence-electron chi connectivity index (χ0n) is 13.2. The largest absolute Gasteiger partial charge is 0.395 e. The molecule has 1 unspecified atom stereocenters. The molecule has 21 heavy (non-hydrogen) atoms. The molecule has 2 nitrogen and oxygen atoms in total. The molecule has 2 rings (SSSR count). The average Bonchev–Trinajstić information content (AvgIpc) is 2.49. The first-order valence-electron chi connectivity index (χ1n) is 7.45. The van der Waals surface area contributed by atoms with Gasteiger partial charge in [0.1, 0.15) is 0 Å². The summed E-state index contributed by atoms with van der Waals surface area (Å²) in [6, 6.07) is 14.8. The second kappa shape index (κ2) is 6.42. The topological polar surface area (TPSA) is 46.2 Å². The fourth-order valence-corrected chi connectivity index (χ4v) is 2.77. The molecule has 3 N–H and O–H groups in total. The van der Waals surface area contributed by atoms with E-state index in [1.54, 1.807) is 0 Å². The maximum Gasteiger partial charge on any atom is 0.0543 e. The number of hydrogen-bond donors (Lipinski definition) is 2. The van der Waals surface area contributed by atoms with Gasteiger partial charge in [-0.1, -0.05) is 53.6 Å². The van der Waals surface area contributed by atoms with Crippen LogP contribution in [0.15, 0.2) is 42.5 Å². The molecule has 0 radical (unpaired) electrons. The van der Waals surface area contributed by atoms with Gasteiger partial charge in [0, 0.05) is 12.0 Å². The molecule has 0 fully saturated rings. The Hall–Kier alpha value is -1.64. The van der Waals surface area contributed by atoms with Gasteiger partial charge < -0.3 is 10.8 Å². The van der Waals surface area contributed by atoms with E-state index in [-0.39, 0.29) is 6.61 Å². The zero-order chi connectivity index (χ0) is 15.5. The van der Waals surface area contributed by atoms with Gasteiger partial charge in [-0.3, -0.25) is 0 Å². The summed E-state index contributed by atoms with van der Waals surface area (Å²) in [5, 5.41) is 10.0. The molecule has 0 saturated carbocycles. The third-order valence-corrected chi connectivity index (χ3v) is 4.39. The number of aryl methyl sites for hydroxylation is 3. The summed E-state index contributed by atoms with van der Waals surface area (Å²) < 4.78 is 0. The van der Waals surface area contributed by atoms with Crippen molar-refractivity contribution in [1.82, 2.24) is 0 Å². The Kier molecular flexibility index (Phi) is 4.81. The van der Waals surface area contributed by atoms with Crippen LogP contribution in [0.2, 0.25) is 0 Å². The molecule has 0 aromatic heterocycles. The van der Waals surface area contributed by atoms with E-state index >= 15 is 0 Å². The van der Waals surface area contributed by atoms with Crippen LogP contribution in [0.5, 0.6) is 0 Å². The first-order chi connectivity index (χ1) is 10.0. The summed E-state index contributed by atoms with van der Waals surface area (Å²) in [6.07, 6.45) is 0.760. The lowest BCUT2D eigenvalue weighted by atomic mass is 9.75. The van der Waals surface area contributed by atoms with Gasteiger partial charge in [-0.2, -0.15) is 0 Å². The Balaban J connectivity index is 2.42. The molecular weight excluding hydrogens is 258 g/mol. The molecule has 0 heterocycles. The van der Waals surface area contributed by atoms with Crippen molar-refractivity contribution < 1.29 is 5.11 Å². The van der Waals surface area contributed by atoms with E-state index in [9.17, 15) is 5.11 Å². The van der Waals surface area contributed by atoms with Gasteiger partial charge in [-0.05, 0) is 43.9 Å². The minimum absolute atomic E-state index is 0.0555. The van der Waals surface area contributed by atoms with Crippen molar-refractivity contribution in [2.24, 2.45) is 5.73 Å². The first-order valence-corrected chi connectivity index (χ1v) is 7.45. The van der Waals surface area contributed by atoms with E-state index in [2.05, 4.69) is 63.2 Å². The second-order valence-electron chi connectivity index (χ2n) is 6.12. The summed E-state index contributed by atoms with van der Waals surface area (Å²) in [6.45, 7) is 6.76. The van der Waals surface area contributed by atoms with Crippen molar-refractivity contribution in [3.05, 3.63) is 70.3 Å². The van der Waals surface area contributed by atoms with Gasteiger partial charge in [0.05, 0.1) is 6.61 Å². The highest BCUT2D eigenvalue weighted by Crippen LogP contribution is 2.29. The molecule has 0 aliphatic rings. The molecular formula is C19H25NO. The van der Waals surface area contributed by atoms with Crippen LogP contribution in [0.3, 0.4) is 0 Å². The van der Waals surface area contributed by atoms with Crippen molar-refractivity contribution in [1.29, 1.82) is 0 Å². The second-order valence-corrected chi connectivity index (χ2v) is 6.12. The highest BCUT2D eigenvalue weighted by atomic mass is 16.3. The lowest BCUT2D eigenvalue weighted by Crippen LogP contribution is -2.41. The van der Waals surface area contributed by atoms with Crippen molar-refractivity contribution in [2.45, 2.75) is 32.6 Å². The zero-order valence-corrected chi connectivity index (χ0v) is 13.2. The molecule has 0 amide bonds. The number of aliphatic hydroxyl groups excluding tert-OH is 1. The van der Waals surface area contributed by atoms with Crippen LogP contribution in [-0.4, -0.2) is 18.3 Å². The van der Waals surface area contributed by atoms with Crippen LogP contribution in [0, 0.1) is 20.8 Å². The molecule has 0 aliphatic carbocycles. The Labute approximate surface area is 127 Å². The molecule has 0 bridgehead atoms. The lowest BCUT2D eigenvalue weighted by molar-refractivity contribution is 0.196. The predicted molar refractivity (Wildman–Crippen MR) is 88.6 cm³/mol.